The maximum atomic E-state index is 12.3. The molecule has 0 unspecified atom stereocenters. The molecule has 138 valence electrons. The number of thioether (sulfide) groups is 1. The van der Waals surface area contributed by atoms with Gasteiger partial charge >= 0.3 is 5.51 Å². The molecule has 0 aliphatic rings. The molecule has 0 saturated carbocycles. The van der Waals surface area contributed by atoms with Crippen molar-refractivity contribution in [3.63, 3.8) is 0 Å². The molecule has 0 radical (unpaired) electrons. The Labute approximate surface area is 153 Å². The van der Waals surface area contributed by atoms with Crippen LogP contribution in [0.5, 0.6) is 0 Å². The smallest absolute Gasteiger partial charge is 0.343 e. The third kappa shape index (κ3) is 5.80. The third-order valence-electron chi connectivity index (χ3n) is 3.51. The summed E-state index contributed by atoms with van der Waals surface area (Å²) in [5.41, 5.74) is -1.70. The van der Waals surface area contributed by atoms with Crippen LogP contribution in [0.25, 0.3) is 0 Å². The molecule has 0 aliphatic heterocycles. The predicted octanol–water partition coefficient (Wildman–Crippen LogP) is 4.28. The van der Waals surface area contributed by atoms with Gasteiger partial charge in [0.1, 0.15) is 0 Å². The van der Waals surface area contributed by atoms with E-state index in [0.29, 0.717) is 5.69 Å². The predicted molar refractivity (Wildman–Crippen MR) is 95.2 cm³/mol. The van der Waals surface area contributed by atoms with Gasteiger partial charge in [0, 0.05) is 16.1 Å². The minimum Gasteiger partial charge on any atom is -0.343 e. The van der Waals surface area contributed by atoms with E-state index in [-0.39, 0.29) is 34.7 Å². The number of para-hydroxylation sites is 1. The van der Waals surface area contributed by atoms with Crippen molar-refractivity contribution >= 4 is 29.3 Å². The summed E-state index contributed by atoms with van der Waals surface area (Å²) in [5, 5.41) is 5.18. The summed E-state index contributed by atoms with van der Waals surface area (Å²) in [6, 6.07) is 10.6. The average molecular weight is 382 g/mol. The maximum absolute atomic E-state index is 12.3. The molecule has 26 heavy (non-hydrogen) atoms. The zero-order chi connectivity index (χ0) is 19.3. The van der Waals surface area contributed by atoms with E-state index in [1.54, 1.807) is 0 Å². The quantitative estimate of drug-likeness (QED) is 0.759. The standard InChI is InChI=1S/C18H17F3N2O2S/c1-11-4-3-5-12(2)16(11)23-15(24)10-22-17(25)13-6-8-14(9-7-13)26-18(19,20)21/h3-9H,10H2,1-2H3,(H,22,25)(H,23,24). The van der Waals surface area contributed by atoms with Crippen molar-refractivity contribution in [3.8, 4) is 0 Å². The molecular formula is C18H17F3N2O2S. The molecule has 2 rings (SSSR count). The summed E-state index contributed by atoms with van der Waals surface area (Å²) in [4.78, 5) is 24.0. The van der Waals surface area contributed by atoms with Crippen LogP contribution in [0.4, 0.5) is 18.9 Å². The summed E-state index contributed by atoms with van der Waals surface area (Å²) in [7, 11) is 0. The van der Waals surface area contributed by atoms with Gasteiger partial charge < -0.3 is 10.6 Å². The number of hydrogen-bond donors (Lipinski definition) is 2. The van der Waals surface area contributed by atoms with Gasteiger partial charge in [-0.3, -0.25) is 9.59 Å². The molecule has 0 atom stereocenters. The molecule has 2 amide bonds. The summed E-state index contributed by atoms with van der Waals surface area (Å²) in [5.74, 6) is -0.926. The summed E-state index contributed by atoms with van der Waals surface area (Å²) in [6.45, 7) is 3.48. The number of nitrogens with one attached hydrogen (secondary N) is 2. The Kier molecular flexibility index (Phi) is 6.31. The van der Waals surface area contributed by atoms with Crippen molar-refractivity contribution in [1.82, 2.24) is 5.32 Å². The fourth-order valence-corrected chi connectivity index (χ4v) is 2.81. The number of carbonyl (C=O) groups excluding carboxylic acids is 2. The number of rotatable bonds is 5. The second-order valence-electron chi connectivity index (χ2n) is 5.57. The van der Waals surface area contributed by atoms with Gasteiger partial charge in [-0.25, -0.2) is 0 Å². The van der Waals surface area contributed by atoms with Gasteiger partial charge in [-0.2, -0.15) is 13.2 Å². The fourth-order valence-electron chi connectivity index (χ4n) is 2.27. The van der Waals surface area contributed by atoms with Crippen LogP contribution in [0.1, 0.15) is 21.5 Å². The highest BCUT2D eigenvalue weighted by molar-refractivity contribution is 8.00. The Morgan fingerprint density at radius 3 is 2.12 bits per heavy atom. The average Bonchev–Trinajstić information content (AvgIpc) is 2.55. The molecular weight excluding hydrogens is 365 g/mol. The number of carbonyl (C=O) groups is 2. The van der Waals surface area contributed by atoms with Crippen LogP contribution >= 0.6 is 11.8 Å². The number of amides is 2. The Bertz CT molecular complexity index is 785. The van der Waals surface area contributed by atoms with E-state index in [1.165, 1.54) is 24.3 Å². The van der Waals surface area contributed by atoms with Crippen LogP contribution in [0.3, 0.4) is 0 Å². The summed E-state index contributed by atoms with van der Waals surface area (Å²) < 4.78 is 36.9. The number of alkyl halides is 3. The van der Waals surface area contributed by atoms with Crippen molar-refractivity contribution in [2.45, 2.75) is 24.3 Å². The van der Waals surface area contributed by atoms with Crippen molar-refractivity contribution in [2.24, 2.45) is 0 Å². The van der Waals surface area contributed by atoms with Crippen LogP contribution < -0.4 is 10.6 Å². The largest absolute Gasteiger partial charge is 0.446 e. The molecule has 0 aliphatic carbocycles. The van der Waals surface area contributed by atoms with Gasteiger partial charge in [0.15, 0.2) is 0 Å². The first-order chi connectivity index (χ1) is 12.2. The van der Waals surface area contributed by atoms with E-state index in [0.717, 1.165) is 11.1 Å². The summed E-state index contributed by atoms with van der Waals surface area (Å²) >= 11 is -0.253. The van der Waals surface area contributed by atoms with Crippen LogP contribution in [0.2, 0.25) is 0 Å². The van der Waals surface area contributed by atoms with Gasteiger partial charge in [0.25, 0.3) is 5.91 Å². The van der Waals surface area contributed by atoms with Crippen LogP contribution in [0, 0.1) is 13.8 Å². The molecule has 0 bridgehead atoms. The van der Waals surface area contributed by atoms with Crippen molar-refractivity contribution < 1.29 is 22.8 Å². The van der Waals surface area contributed by atoms with Gasteiger partial charge in [0.05, 0.1) is 6.54 Å². The Hall–Kier alpha value is -2.48. The van der Waals surface area contributed by atoms with Crippen LogP contribution in [-0.2, 0) is 4.79 Å². The minimum atomic E-state index is -4.38. The number of aryl methyl sites for hydroxylation is 2. The Morgan fingerprint density at radius 1 is 1.00 bits per heavy atom. The molecule has 8 heteroatoms. The Balaban J connectivity index is 1.91. The molecule has 2 N–H and O–H groups in total. The first-order valence-corrected chi connectivity index (χ1v) is 8.47. The number of benzene rings is 2. The zero-order valence-electron chi connectivity index (χ0n) is 14.1. The lowest BCUT2D eigenvalue weighted by Gasteiger charge is -2.12. The number of anilines is 1. The molecule has 4 nitrogen and oxygen atoms in total. The Morgan fingerprint density at radius 2 is 1.58 bits per heavy atom. The first kappa shape index (κ1) is 19.8. The fraction of sp³-hybridized carbons (Fsp3) is 0.222. The lowest BCUT2D eigenvalue weighted by Crippen LogP contribution is -2.33. The lowest BCUT2D eigenvalue weighted by atomic mass is 10.1. The third-order valence-corrected chi connectivity index (χ3v) is 4.24. The lowest BCUT2D eigenvalue weighted by molar-refractivity contribution is -0.115. The van der Waals surface area contributed by atoms with Gasteiger partial charge in [-0.05, 0) is 61.0 Å². The SMILES string of the molecule is Cc1cccc(C)c1NC(=O)CNC(=O)c1ccc(SC(F)(F)F)cc1. The second kappa shape index (κ2) is 8.27. The van der Waals surface area contributed by atoms with Crippen molar-refractivity contribution in [2.75, 3.05) is 11.9 Å². The zero-order valence-corrected chi connectivity index (χ0v) is 14.9. The highest BCUT2D eigenvalue weighted by Crippen LogP contribution is 2.36. The van der Waals surface area contributed by atoms with E-state index < -0.39 is 11.4 Å². The summed E-state index contributed by atoms with van der Waals surface area (Å²) in [6.07, 6.45) is 0. The van der Waals surface area contributed by atoms with Gasteiger partial charge in [-0.15, -0.1) is 0 Å². The molecule has 0 spiro atoms. The number of halogens is 3. The first-order valence-electron chi connectivity index (χ1n) is 7.66. The van der Waals surface area contributed by atoms with E-state index >= 15 is 0 Å². The monoisotopic (exact) mass is 382 g/mol. The van der Waals surface area contributed by atoms with Gasteiger partial charge in [0.2, 0.25) is 5.91 Å². The van der Waals surface area contributed by atoms with Gasteiger partial charge in [-0.1, -0.05) is 18.2 Å². The van der Waals surface area contributed by atoms with E-state index in [2.05, 4.69) is 10.6 Å². The molecule has 0 fully saturated rings. The van der Waals surface area contributed by atoms with E-state index in [4.69, 9.17) is 0 Å². The normalized spacial score (nSPS) is 11.1. The van der Waals surface area contributed by atoms with E-state index in [9.17, 15) is 22.8 Å². The number of hydrogen-bond acceptors (Lipinski definition) is 3. The van der Waals surface area contributed by atoms with Crippen molar-refractivity contribution in [1.29, 1.82) is 0 Å². The highest BCUT2D eigenvalue weighted by atomic mass is 32.2. The van der Waals surface area contributed by atoms with Crippen LogP contribution in [0.15, 0.2) is 47.4 Å². The molecule has 2 aromatic rings. The maximum Gasteiger partial charge on any atom is 0.446 e. The minimum absolute atomic E-state index is 0.0122. The van der Waals surface area contributed by atoms with Crippen molar-refractivity contribution in [3.05, 3.63) is 59.2 Å². The molecule has 0 aromatic heterocycles. The molecule has 0 heterocycles. The molecule has 2 aromatic carbocycles. The topological polar surface area (TPSA) is 58.2 Å². The molecule has 0 saturated heterocycles. The highest BCUT2D eigenvalue weighted by Gasteiger charge is 2.29. The second-order valence-corrected chi connectivity index (χ2v) is 6.71. The van der Waals surface area contributed by atoms with E-state index in [1.807, 2.05) is 32.0 Å². The van der Waals surface area contributed by atoms with Crippen LogP contribution in [-0.4, -0.2) is 23.9 Å².